The molecule has 0 saturated heterocycles. The molecule has 5 nitrogen and oxygen atoms in total. The highest BCUT2D eigenvalue weighted by atomic mass is 79.9. The van der Waals surface area contributed by atoms with Gasteiger partial charge in [0.1, 0.15) is 11.5 Å². The molecule has 0 saturated carbocycles. The van der Waals surface area contributed by atoms with Crippen LogP contribution in [-0.2, 0) is 9.53 Å². The molecule has 0 fully saturated rings. The van der Waals surface area contributed by atoms with Crippen LogP contribution in [0.4, 0.5) is 0 Å². The molecule has 0 amide bonds. The van der Waals surface area contributed by atoms with Crippen LogP contribution in [0.25, 0.3) is 0 Å². The summed E-state index contributed by atoms with van der Waals surface area (Å²) in [7, 11) is 4.14. The highest BCUT2D eigenvalue weighted by molar-refractivity contribution is 9.10. The van der Waals surface area contributed by atoms with Crippen LogP contribution in [0.15, 0.2) is 16.6 Å². The van der Waals surface area contributed by atoms with Crippen molar-refractivity contribution in [2.75, 3.05) is 21.3 Å². The van der Waals surface area contributed by atoms with Crippen molar-refractivity contribution in [3.8, 4) is 11.5 Å². The summed E-state index contributed by atoms with van der Waals surface area (Å²) in [6.07, 6.45) is -1.41. The van der Waals surface area contributed by atoms with Crippen molar-refractivity contribution in [3.63, 3.8) is 0 Å². The van der Waals surface area contributed by atoms with E-state index in [1.54, 1.807) is 6.07 Å². The number of benzene rings is 1. The highest BCUT2D eigenvalue weighted by Crippen LogP contribution is 2.36. The average Bonchev–Trinajstić information content (AvgIpc) is 2.36. The second-order valence-electron chi connectivity index (χ2n) is 3.15. The monoisotopic (exact) mass is 304 g/mol. The zero-order valence-corrected chi connectivity index (χ0v) is 11.3. The van der Waals surface area contributed by atoms with Crippen LogP contribution in [0.2, 0.25) is 0 Å². The van der Waals surface area contributed by atoms with Crippen LogP contribution in [0.1, 0.15) is 11.7 Å². The molecule has 17 heavy (non-hydrogen) atoms. The van der Waals surface area contributed by atoms with E-state index in [4.69, 9.17) is 9.47 Å². The Morgan fingerprint density at radius 3 is 2.29 bits per heavy atom. The van der Waals surface area contributed by atoms with E-state index in [0.29, 0.717) is 21.5 Å². The van der Waals surface area contributed by atoms with Gasteiger partial charge in [-0.1, -0.05) is 0 Å². The molecule has 0 spiro atoms. The van der Waals surface area contributed by atoms with E-state index < -0.39 is 12.1 Å². The smallest absolute Gasteiger partial charge is 0.339 e. The summed E-state index contributed by atoms with van der Waals surface area (Å²) in [6.45, 7) is 0. The first-order valence-electron chi connectivity index (χ1n) is 4.72. The lowest BCUT2D eigenvalue weighted by Gasteiger charge is -2.15. The van der Waals surface area contributed by atoms with Crippen molar-refractivity contribution in [1.82, 2.24) is 0 Å². The van der Waals surface area contributed by atoms with Gasteiger partial charge in [-0.3, -0.25) is 0 Å². The van der Waals surface area contributed by atoms with Gasteiger partial charge < -0.3 is 19.3 Å². The van der Waals surface area contributed by atoms with Crippen molar-refractivity contribution in [2.24, 2.45) is 0 Å². The minimum Gasteiger partial charge on any atom is -0.496 e. The second-order valence-corrected chi connectivity index (χ2v) is 4.01. The second kappa shape index (κ2) is 5.88. The molecule has 94 valence electrons. The number of hydrogen-bond acceptors (Lipinski definition) is 5. The fourth-order valence-corrected chi connectivity index (χ4v) is 1.82. The Morgan fingerprint density at radius 2 is 1.82 bits per heavy atom. The van der Waals surface area contributed by atoms with E-state index >= 15 is 0 Å². The Kier molecular flexibility index (Phi) is 4.77. The summed E-state index contributed by atoms with van der Waals surface area (Å²) in [5.41, 5.74) is 0.291. The van der Waals surface area contributed by atoms with Gasteiger partial charge in [-0.2, -0.15) is 0 Å². The summed E-state index contributed by atoms with van der Waals surface area (Å²) in [6, 6.07) is 3.13. The standard InChI is InChI=1S/C11H13BrO5/c1-15-8-5-7(12)9(16-2)4-6(8)10(13)11(14)17-3/h4-5,10,13H,1-3H3. The molecular weight excluding hydrogens is 292 g/mol. The topological polar surface area (TPSA) is 65.0 Å². The number of methoxy groups -OCH3 is 3. The molecule has 0 radical (unpaired) electrons. The summed E-state index contributed by atoms with van der Waals surface area (Å²) >= 11 is 3.28. The van der Waals surface area contributed by atoms with Crippen LogP contribution in [0.5, 0.6) is 11.5 Å². The van der Waals surface area contributed by atoms with Gasteiger partial charge in [-0.15, -0.1) is 0 Å². The van der Waals surface area contributed by atoms with Gasteiger partial charge in [0.2, 0.25) is 0 Å². The number of rotatable bonds is 4. The summed E-state index contributed by atoms with van der Waals surface area (Å²) in [5, 5.41) is 9.79. The SMILES string of the molecule is COC(=O)C(O)c1cc(OC)c(Br)cc1OC. The molecule has 0 aliphatic rings. The lowest BCUT2D eigenvalue weighted by molar-refractivity contribution is -0.150. The lowest BCUT2D eigenvalue weighted by Crippen LogP contribution is -2.14. The molecule has 1 aromatic rings. The molecule has 0 aromatic heterocycles. The van der Waals surface area contributed by atoms with E-state index in [9.17, 15) is 9.90 Å². The zero-order valence-electron chi connectivity index (χ0n) is 9.69. The van der Waals surface area contributed by atoms with Crippen molar-refractivity contribution >= 4 is 21.9 Å². The molecule has 1 aromatic carbocycles. The molecule has 1 rings (SSSR count). The van der Waals surface area contributed by atoms with Crippen LogP contribution < -0.4 is 9.47 Å². The summed E-state index contributed by atoms with van der Waals surface area (Å²) in [5.74, 6) is 0.104. The maximum absolute atomic E-state index is 11.3. The lowest BCUT2D eigenvalue weighted by atomic mass is 10.1. The predicted octanol–water partition coefficient (Wildman–Crippen LogP) is 1.67. The third-order valence-corrected chi connectivity index (χ3v) is 2.84. The van der Waals surface area contributed by atoms with Crippen molar-refractivity contribution in [2.45, 2.75) is 6.10 Å². The van der Waals surface area contributed by atoms with Gasteiger partial charge in [0.15, 0.2) is 6.10 Å². The molecule has 1 atom stereocenters. The van der Waals surface area contributed by atoms with Gasteiger partial charge in [0, 0.05) is 5.56 Å². The van der Waals surface area contributed by atoms with Crippen LogP contribution in [0.3, 0.4) is 0 Å². The molecule has 0 aliphatic carbocycles. The maximum Gasteiger partial charge on any atom is 0.339 e. The predicted molar refractivity (Wildman–Crippen MR) is 64.2 cm³/mol. The normalized spacial score (nSPS) is 11.8. The Bertz CT molecular complexity index is 419. The molecule has 1 N–H and O–H groups in total. The Labute approximate surface area is 107 Å². The number of esters is 1. The quantitative estimate of drug-likeness (QED) is 0.857. The van der Waals surface area contributed by atoms with E-state index in [0.717, 1.165) is 0 Å². The van der Waals surface area contributed by atoms with E-state index in [-0.39, 0.29) is 0 Å². The number of hydrogen-bond donors (Lipinski definition) is 1. The maximum atomic E-state index is 11.3. The molecule has 0 aliphatic heterocycles. The van der Waals surface area contributed by atoms with E-state index in [2.05, 4.69) is 20.7 Å². The Hall–Kier alpha value is -1.27. The summed E-state index contributed by atoms with van der Waals surface area (Å²) < 4.78 is 15.3. The van der Waals surface area contributed by atoms with Crippen LogP contribution in [-0.4, -0.2) is 32.4 Å². The minimum absolute atomic E-state index is 0.291. The highest BCUT2D eigenvalue weighted by Gasteiger charge is 2.23. The van der Waals surface area contributed by atoms with Crippen molar-refractivity contribution in [1.29, 1.82) is 0 Å². The van der Waals surface area contributed by atoms with Gasteiger partial charge in [-0.05, 0) is 28.1 Å². The Balaban J connectivity index is 3.25. The largest absolute Gasteiger partial charge is 0.496 e. The number of halogens is 1. The van der Waals surface area contributed by atoms with Crippen molar-refractivity contribution < 1.29 is 24.1 Å². The fraction of sp³-hybridized carbons (Fsp3) is 0.364. The first-order valence-corrected chi connectivity index (χ1v) is 5.51. The third kappa shape index (κ3) is 2.89. The third-order valence-electron chi connectivity index (χ3n) is 2.22. The molecule has 0 bridgehead atoms. The first-order chi connectivity index (χ1) is 8.04. The number of aliphatic hydroxyl groups is 1. The van der Waals surface area contributed by atoms with Crippen LogP contribution >= 0.6 is 15.9 Å². The number of aliphatic hydroxyl groups excluding tert-OH is 1. The van der Waals surface area contributed by atoms with Gasteiger partial charge in [-0.25, -0.2) is 4.79 Å². The van der Waals surface area contributed by atoms with E-state index in [1.807, 2.05) is 0 Å². The van der Waals surface area contributed by atoms with Crippen LogP contribution in [0, 0.1) is 0 Å². The van der Waals surface area contributed by atoms with Crippen molar-refractivity contribution in [3.05, 3.63) is 22.2 Å². The number of carbonyl (C=O) groups is 1. The molecule has 1 unspecified atom stereocenters. The zero-order chi connectivity index (χ0) is 13.0. The average molecular weight is 305 g/mol. The van der Waals surface area contributed by atoms with Gasteiger partial charge >= 0.3 is 5.97 Å². The Morgan fingerprint density at radius 1 is 1.24 bits per heavy atom. The van der Waals surface area contributed by atoms with Gasteiger partial charge in [0.05, 0.1) is 25.8 Å². The first kappa shape index (κ1) is 13.8. The molecule has 6 heteroatoms. The fourth-order valence-electron chi connectivity index (χ4n) is 1.34. The van der Waals surface area contributed by atoms with Gasteiger partial charge in [0.25, 0.3) is 0 Å². The van der Waals surface area contributed by atoms with E-state index in [1.165, 1.54) is 27.4 Å². The molecule has 0 heterocycles. The summed E-state index contributed by atoms with van der Waals surface area (Å²) in [4.78, 5) is 11.3. The number of ether oxygens (including phenoxy) is 3. The minimum atomic E-state index is -1.41. The molecular formula is C11H13BrO5. The number of carbonyl (C=O) groups excluding carboxylic acids is 1.